The Morgan fingerprint density at radius 2 is 2.08 bits per heavy atom. The van der Waals surface area contributed by atoms with Crippen LogP contribution >= 0.6 is 0 Å². The third-order valence-electron chi connectivity index (χ3n) is 3.59. The molecule has 10 heteroatoms. The summed E-state index contributed by atoms with van der Waals surface area (Å²) in [6, 6.07) is 2.89. The summed E-state index contributed by atoms with van der Waals surface area (Å²) >= 11 is 0. The van der Waals surface area contributed by atoms with E-state index in [-0.39, 0.29) is 28.5 Å². The monoisotopic (exact) mass is 338 g/mol. The van der Waals surface area contributed by atoms with Crippen molar-refractivity contribution >= 4 is 29.1 Å². The number of benzene rings is 1. The molecule has 0 atom stereocenters. The maximum absolute atomic E-state index is 12.7. The highest BCUT2D eigenvalue weighted by atomic mass is 19.4. The average molecular weight is 338 g/mol. The molecule has 0 bridgehead atoms. The summed E-state index contributed by atoms with van der Waals surface area (Å²) in [4.78, 5) is 26.0. The van der Waals surface area contributed by atoms with E-state index in [2.05, 4.69) is 10.3 Å². The fourth-order valence-corrected chi connectivity index (χ4v) is 2.36. The molecule has 0 aliphatic carbocycles. The van der Waals surface area contributed by atoms with E-state index in [9.17, 15) is 28.1 Å². The Morgan fingerprint density at radius 1 is 1.38 bits per heavy atom. The highest BCUT2D eigenvalue weighted by Crippen LogP contribution is 2.38. The molecule has 0 radical (unpaired) electrons. The van der Waals surface area contributed by atoms with E-state index in [0.29, 0.717) is 0 Å². The Kier molecular flexibility index (Phi) is 3.39. The first-order valence-electron chi connectivity index (χ1n) is 6.59. The van der Waals surface area contributed by atoms with Gasteiger partial charge in [0.15, 0.2) is 0 Å². The van der Waals surface area contributed by atoms with Crippen molar-refractivity contribution in [1.29, 1.82) is 0 Å². The molecule has 0 saturated heterocycles. The molecule has 124 valence electrons. The fraction of sp³-hybridized carbons (Fsp3) is 0.143. The number of nitrogens with one attached hydrogen (secondary N) is 1. The van der Waals surface area contributed by atoms with Gasteiger partial charge in [-0.15, -0.1) is 0 Å². The highest BCUT2D eigenvalue weighted by Gasteiger charge is 2.34. The molecule has 7 nitrogen and oxygen atoms in total. The second-order valence-corrected chi connectivity index (χ2v) is 5.06. The molecule has 1 amide bonds. The smallest absolute Gasteiger partial charge is 0.358 e. The predicted octanol–water partition coefficient (Wildman–Crippen LogP) is 2.84. The summed E-state index contributed by atoms with van der Waals surface area (Å²) in [5, 5.41) is 13.2. The highest BCUT2D eigenvalue weighted by molar-refractivity contribution is 6.34. The van der Waals surface area contributed by atoms with Crippen LogP contribution in [0, 0.1) is 10.1 Å². The van der Waals surface area contributed by atoms with E-state index < -0.39 is 22.6 Å². The summed E-state index contributed by atoms with van der Waals surface area (Å²) in [6.45, 7) is 0. The van der Waals surface area contributed by atoms with Crippen LogP contribution in [0.1, 0.15) is 17.0 Å². The van der Waals surface area contributed by atoms with E-state index in [0.717, 1.165) is 18.3 Å². The van der Waals surface area contributed by atoms with Gasteiger partial charge in [0, 0.05) is 17.3 Å². The van der Waals surface area contributed by atoms with Gasteiger partial charge in [0.05, 0.1) is 18.2 Å². The molecule has 0 saturated carbocycles. The van der Waals surface area contributed by atoms with Crippen LogP contribution in [0.25, 0.3) is 11.6 Å². The minimum atomic E-state index is -4.52. The third kappa shape index (κ3) is 2.51. The van der Waals surface area contributed by atoms with E-state index in [1.54, 1.807) is 0 Å². The van der Waals surface area contributed by atoms with Gasteiger partial charge in [-0.05, 0) is 17.1 Å². The van der Waals surface area contributed by atoms with E-state index in [1.807, 2.05) is 0 Å². The van der Waals surface area contributed by atoms with Crippen LogP contribution in [0.5, 0.6) is 0 Å². The van der Waals surface area contributed by atoms with Crippen molar-refractivity contribution in [1.82, 2.24) is 9.55 Å². The largest absolute Gasteiger partial charge is 0.416 e. The molecule has 1 aliphatic rings. The number of hydrogen-bond acceptors (Lipinski definition) is 4. The van der Waals surface area contributed by atoms with Gasteiger partial charge in [0.1, 0.15) is 6.20 Å². The molecule has 0 fully saturated rings. The standard InChI is InChI=1S/C14H9F3N4O3/c1-20-11(18-6-12(20)21(23)24)5-9-8-3-2-7(14(15,16)17)4-10(8)19-13(9)22/h2-6H,1H3,(H,19,22)/b9-5-. The number of nitrogens with zero attached hydrogens (tertiary/aromatic N) is 3. The van der Waals surface area contributed by atoms with Crippen molar-refractivity contribution in [2.24, 2.45) is 7.05 Å². The molecule has 0 unspecified atom stereocenters. The van der Waals surface area contributed by atoms with Gasteiger partial charge < -0.3 is 15.4 Å². The molecule has 2 aromatic rings. The van der Waals surface area contributed by atoms with Gasteiger partial charge in [-0.25, -0.2) is 9.55 Å². The second kappa shape index (κ2) is 5.18. The molecule has 1 aromatic heterocycles. The molecule has 3 rings (SSSR count). The third-order valence-corrected chi connectivity index (χ3v) is 3.59. The Balaban J connectivity index is 2.06. The topological polar surface area (TPSA) is 90.1 Å². The molecular weight excluding hydrogens is 329 g/mol. The number of hydrogen-bond donors (Lipinski definition) is 1. The number of alkyl halides is 3. The number of rotatable bonds is 2. The SMILES string of the molecule is Cn1c([N+](=O)[O-])cnc1/C=C1\C(=O)Nc2cc(C(F)(F)F)ccc21. The van der Waals surface area contributed by atoms with Crippen LogP contribution in [0.2, 0.25) is 0 Å². The lowest BCUT2D eigenvalue weighted by atomic mass is 10.0. The van der Waals surface area contributed by atoms with Crippen molar-refractivity contribution < 1.29 is 22.9 Å². The van der Waals surface area contributed by atoms with Crippen molar-refractivity contribution in [3.63, 3.8) is 0 Å². The number of aromatic nitrogens is 2. The van der Waals surface area contributed by atoms with Crippen LogP contribution in [-0.2, 0) is 18.0 Å². The zero-order valence-electron chi connectivity index (χ0n) is 12.1. The molecule has 1 aliphatic heterocycles. The molecular formula is C14H9F3N4O3. The Labute approximate surface area is 132 Å². The van der Waals surface area contributed by atoms with Crippen molar-refractivity contribution in [2.45, 2.75) is 6.18 Å². The van der Waals surface area contributed by atoms with Crippen molar-refractivity contribution in [3.8, 4) is 0 Å². The number of fused-ring (bicyclic) bond motifs is 1. The zero-order chi connectivity index (χ0) is 17.6. The normalized spacial score (nSPS) is 15.5. The first-order valence-corrected chi connectivity index (χ1v) is 6.59. The fourth-order valence-electron chi connectivity index (χ4n) is 2.36. The number of nitro groups is 1. The second-order valence-electron chi connectivity index (χ2n) is 5.06. The van der Waals surface area contributed by atoms with Gasteiger partial charge in [-0.1, -0.05) is 6.07 Å². The summed E-state index contributed by atoms with van der Waals surface area (Å²) in [5.74, 6) is -0.734. The minimum Gasteiger partial charge on any atom is -0.358 e. The average Bonchev–Trinajstić information content (AvgIpc) is 2.99. The minimum absolute atomic E-state index is 0.0322. The van der Waals surface area contributed by atoms with Crippen LogP contribution < -0.4 is 5.32 Å². The lowest BCUT2D eigenvalue weighted by Crippen LogP contribution is -2.06. The number of carbonyl (C=O) groups is 1. The number of halogens is 3. The quantitative estimate of drug-likeness (QED) is 0.518. The molecule has 1 aromatic carbocycles. The molecule has 2 heterocycles. The van der Waals surface area contributed by atoms with Gasteiger partial charge in [-0.2, -0.15) is 13.2 Å². The Bertz CT molecular complexity index is 899. The summed E-state index contributed by atoms with van der Waals surface area (Å²) < 4.78 is 39.3. The Morgan fingerprint density at radius 3 is 2.67 bits per heavy atom. The van der Waals surface area contributed by atoms with Crippen molar-refractivity contribution in [3.05, 3.63) is 51.5 Å². The van der Waals surface area contributed by atoms with E-state index in [4.69, 9.17) is 0 Å². The van der Waals surface area contributed by atoms with Gasteiger partial charge in [0.25, 0.3) is 5.91 Å². The summed E-state index contributed by atoms with van der Waals surface area (Å²) in [7, 11) is 1.40. The van der Waals surface area contributed by atoms with Crippen LogP contribution in [0.15, 0.2) is 24.4 Å². The number of anilines is 1. The summed E-state index contributed by atoms with van der Waals surface area (Å²) in [6.07, 6.45) is -2.19. The first-order chi connectivity index (χ1) is 11.2. The van der Waals surface area contributed by atoms with Gasteiger partial charge >= 0.3 is 12.0 Å². The van der Waals surface area contributed by atoms with Gasteiger partial charge in [-0.3, -0.25) is 4.79 Å². The molecule has 24 heavy (non-hydrogen) atoms. The maximum Gasteiger partial charge on any atom is 0.416 e. The van der Waals surface area contributed by atoms with Crippen molar-refractivity contribution in [2.75, 3.05) is 5.32 Å². The van der Waals surface area contributed by atoms with Crippen LogP contribution in [0.3, 0.4) is 0 Å². The van der Waals surface area contributed by atoms with Crippen LogP contribution in [0.4, 0.5) is 24.7 Å². The first kappa shape index (κ1) is 15.7. The van der Waals surface area contributed by atoms with Crippen LogP contribution in [-0.4, -0.2) is 20.4 Å². The van der Waals surface area contributed by atoms with E-state index in [1.165, 1.54) is 23.8 Å². The van der Waals surface area contributed by atoms with Gasteiger partial charge in [0.2, 0.25) is 5.82 Å². The number of carbonyl (C=O) groups excluding carboxylic acids is 1. The number of amides is 1. The predicted molar refractivity (Wildman–Crippen MR) is 77.8 cm³/mol. The van der Waals surface area contributed by atoms with E-state index >= 15 is 0 Å². The Hall–Kier alpha value is -3.17. The maximum atomic E-state index is 12.7. The molecule has 0 spiro atoms. The summed E-state index contributed by atoms with van der Waals surface area (Å²) in [5.41, 5.74) is -0.485. The molecule has 1 N–H and O–H groups in total. The number of imidazole rings is 1. The lowest BCUT2D eigenvalue weighted by molar-refractivity contribution is -0.391. The zero-order valence-corrected chi connectivity index (χ0v) is 12.1. The lowest BCUT2D eigenvalue weighted by Gasteiger charge is -2.07.